The molecule has 0 aliphatic heterocycles. The molecule has 96 valence electrons. The molecule has 2 N–H and O–H groups in total. The number of nitrogens with zero attached hydrogens (tertiary/aromatic N) is 2. The number of anilines is 1. The van der Waals surface area contributed by atoms with Crippen LogP contribution in [0.2, 0.25) is 0 Å². The zero-order valence-corrected chi connectivity index (χ0v) is 12.4. The van der Waals surface area contributed by atoms with E-state index < -0.39 is 0 Å². The maximum absolute atomic E-state index is 13.7. The summed E-state index contributed by atoms with van der Waals surface area (Å²) < 4.78 is 16.2. The largest absolute Gasteiger partial charge is 0.369 e. The highest BCUT2D eigenvalue weighted by Gasteiger charge is 2.41. The minimum atomic E-state index is -0.203. The minimum absolute atomic E-state index is 0.203. The van der Waals surface area contributed by atoms with Crippen LogP contribution in [0.25, 0.3) is 11.0 Å². The Labute approximate surface area is 119 Å². The lowest BCUT2D eigenvalue weighted by Gasteiger charge is -2.15. The van der Waals surface area contributed by atoms with Gasteiger partial charge in [-0.05, 0) is 53.3 Å². The Morgan fingerprint density at radius 1 is 1.50 bits per heavy atom. The summed E-state index contributed by atoms with van der Waals surface area (Å²) in [7, 11) is 0. The van der Waals surface area contributed by atoms with Gasteiger partial charge >= 0.3 is 0 Å². The molecule has 3 rings (SSSR count). The molecule has 5 heteroatoms. The molecule has 1 heterocycles. The second-order valence-electron chi connectivity index (χ2n) is 5.16. The summed E-state index contributed by atoms with van der Waals surface area (Å²) in [5.74, 6) is 0.289. The average molecular weight is 359 g/mol. The summed E-state index contributed by atoms with van der Waals surface area (Å²) in [5.41, 5.74) is 7.93. The summed E-state index contributed by atoms with van der Waals surface area (Å²) in [5, 5.41) is 0. The molecule has 0 atom stereocenters. The van der Waals surface area contributed by atoms with Crippen molar-refractivity contribution in [2.24, 2.45) is 5.41 Å². The highest BCUT2D eigenvalue weighted by Crippen LogP contribution is 2.50. The van der Waals surface area contributed by atoms with Crippen molar-refractivity contribution in [3.8, 4) is 0 Å². The van der Waals surface area contributed by atoms with Crippen LogP contribution in [0.3, 0.4) is 0 Å². The van der Waals surface area contributed by atoms with Crippen molar-refractivity contribution in [2.45, 2.75) is 32.7 Å². The number of halogens is 2. The predicted molar refractivity (Wildman–Crippen MR) is 78.8 cm³/mol. The molecular weight excluding hydrogens is 344 g/mol. The smallest absolute Gasteiger partial charge is 0.201 e. The molecule has 0 amide bonds. The lowest BCUT2D eigenvalue weighted by molar-refractivity contribution is 0.418. The number of fused-ring (bicyclic) bond motifs is 1. The molecule has 0 unspecified atom stereocenters. The third-order valence-corrected chi connectivity index (χ3v) is 4.85. The second-order valence-corrected chi connectivity index (χ2v) is 6.33. The molecular formula is C13H15FIN3. The van der Waals surface area contributed by atoms with Gasteiger partial charge in [0.25, 0.3) is 0 Å². The van der Waals surface area contributed by atoms with Crippen LogP contribution in [-0.2, 0) is 6.54 Å². The summed E-state index contributed by atoms with van der Waals surface area (Å²) in [6.07, 6.45) is 3.60. The van der Waals surface area contributed by atoms with Crippen molar-refractivity contribution >= 4 is 39.6 Å². The van der Waals surface area contributed by atoms with Crippen molar-refractivity contribution in [2.75, 3.05) is 5.73 Å². The number of hydrogen-bond acceptors (Lipinski definition) is 2. The Hall–Kier alpha value is -0.850. The van der Waals surface area contributed by atoms with Gasteiger partial charge in [-0.15, -0.1) is 0 Å². The van der Waals surface area contributed by atoms with E-state index in [9.17, 15) is 4.39 Å². The van der Waals surface area contributed by atoms with Crippen molar-refractivity contribution in [1.82, 2.24) is 9.55 Å². The average Bonchev–Trinajstić information content (AvgIpc) is 3.05. The van der Waals surface area contributed by atoms with Gasteiger partial charge < -0.3 is 10.3 Å². The summed E-state index contributed by atoms with van der Waals surface area (Å²) in [6.45, 7) is 3.05. The zero-order chi connectivity index (χ0) is 12.9. The molecule has 2 aromatic rings. The second kappa shape index (κ2) is 4.08. The number of benzene rings is 1. The number of nitrogen functional groups attached to an aromatic ring is 1. The molecule has 1 aromatic carbocycles. The van der Waals surface area contributed by atoms with Crippen molar-refractivity contribution < 1.29 is 4.39 Å². The van der Waals surface area contributed by atoms with Crippen LogP contribution < -0.4 is 5.73 Å². The van der Waals surface area contributed by atoms with E-state index in [-0.39, 0.29) is 5.82 Å². The van der Waals surface area contributed by atoms with Crippen LogP contribution >= 0.6 is 22.6 Å². The normalized spacial score (nSPS) is 17.3. The Kier molecular flexibility index (Phi) is 2.76. The Morgan fingerprint density at radius 2 is 2.22 bits per heavy atom. The fourth-order valence-electron chi connectivity index (χ4n) is 2.44. The van der Waals surface area contributed by atoms with Gasteiger partial charge in [0.2, 0.25) is 5.95 Å². The van der Waals surface area contributed by atoms with Crippen LogP contribution in [0.1, 0.15) is 26.2 Å². The van der Waals surface area contributed by atoms with E-state index >= 15 is 0 Å². The van der Waals surface area contributed by atoms with Gasteiger partial charge in [0, 0.05) is 12.6 Å². The predicted octanol–water partition coefficient (Wildman–Crippen LogP) is 3.55. The van der Waals surface area contributed by atoms with E-state index in [0.29, 0.717) is 14.9 Å². The van der Waals surface area contributed by atoms with Gasteiger partial charge in [0.15, 0.2) is 0 Å². The van der Waals surface area contributed by atoms with Crippen LogP contribution in [0, 0.1) is 14.8 Å². The third-order valence-electron chi connectivity index (χ3n) is 4.02. The van der Waals surface area contributed by atoms with Crippen molar-refractivity contribution in [3.63, 3.8) is 0 Å². The van der Waals surface area contributed by atoms with E-state index in [1.165, 1.54) is 12.8 Å². The van der Waals surface area contributed by atoms with E-state index in [4.69, 9.17) is 5.73 Å². The van der Waals surface area contributed by atoms with Gasteiger partial charge in [-0.3, -0.25) is 0 Å². The summed E-state index contributed by atoms with van der Waals surface area (Å²) >= 11 is 1.98. The topological polar surface area (TPSA) is 43.8 Å². The Bertz CT molecular complexity index is 616. The fraction of sp³-hybridized carbons (Fsp3) is 0.462. The van der Waals surface area contributed by atoms with E-state index in [2.05, 4.69) is 11.9 Å². The van der Waals surface area contributed by atoms with Gasteiger partial charge in [-0.2, -0.15) is 0 Å². The molecule has 0 saturated heterocycles. The zero-order valence-electron chi connectivity index (χ0n) is 10.2. The molecule has 1 aliphatic carbocycles. The summed E-state index contributed by atoms with van der Waals surface area (Å²) in [6, 6.07) is 3.30. The van der Waals surface area contributed by atoms with Gasteiger partial charge in [0.1, 0.15) is 5.82 Å². The number of rotatable bonds is 3. The highest BCUT2D eigenvalue weighted by atomic mass is 127. The monoisotopic (exact) mass is 359 g/mol. The molecule has 3 nitrogen and oxygen atoms in total. The standard InChI is InChI=1S/C13H15FIN3/c1-2-13(3-4-13)7-18-11-5-8(14)9(15)6-10(11)17-12(18)16/h5-6H,2-4,7H2,1H3,(H2,16,17). The van der Waals surface area contributed by atoms with Gasteiger partial charge in [-0.25, -0.2) is 9.37 Å². The number of hydrogen-bond donors (Lipinski definition) is 1. The highest BCUT2D eigenvalue weighted by molar-refractivity contribution is 14.1. The van der Waals surface area contributed by atoms with Crippen LogP contribution in [0.4, 0.5) is 10.3 Å². The maximum Gasteiger partial charge on any atom is 0.201 e. The first-order valence-electron chi connectivity index (χ1n) is 6.15. The van der Waals surface area contributed by atoms with E-state index in [1.54, 1.807) is 12.1 Å². The van der Waals surface area contributed by atoms with Crippen molar-refractivity contribution in [3.05, 3.63) is 21.5 Å². The lowest BCUT2D eigenvalue weighted by Crippen LogP contribution is -2.13. The molecule has 1 fully saturated rings. The van der Waals surface area contributed by atoms with Crippen LogP contribution in [-0.4, -0.2) is 9.55 Å². The fourth-order valence-corrected chi connectivity index (χ4v) is 2.89. The van der Waals surface area contributed by atoms with Crippen molar-refractivity contribution in [1.29, 1.82) is 0 Å². The first kappa shape index (κ1) is 12.2. The first-order chi connectivity index (χ1) is 8.54. The quantitative estimate of drug-likeness (QED) is 0.852. The van der Waals surface area contributed by atoms with Gasteiger partial charge in [0.05, 0.1) is 14.6 Å². The molecule has 1 saturated carbocycles. The first-order valence-corrected chi connectivity index (χ1v) is 7.23. The van der Waals surface area contributed by atoms with Crippen LogP contribution in [0.5, 0.6) is 0 Å². The maximum atomic E-state index is 13.7. The lowest BCUT2D eigenvalue weighted by atomic mass is 10.0. The van der Waals surface area contributed by atoms with Crippen LogP contribution in [0.15, 0.2) is 12.1 Å². The molecule has 0 bridgehead atoms. The molecule has 1 aliphatic rings. The molecule has 1 aromatic heterocycles. The molecule has 18 heavy (non-hydrogen) atoms. The number of nitrogens with two attached hydrogens (primary N) is 1. The SMILES string of the molecule is CCC1(Cn2c(N)nc3cc(I)c(F)cc32)CC1. The molecule has 0 radical (unpaired) electrons. The number of aromatic nitrogens is 2. The van der Waals surface area contributed by atoms with Gasteiger partial charge in [-0.1, -0.05) is 6.92 Å². The third kappa shape index (κ3) is 1.88. The minimum Gasteiger partial charge on any atom is -0.369 e. The Balaban J connectivity index is 2.10. The summed E-state index contributed by atoms with van der Waals surface area (Å²) in [4.78, 5) is 4.33. The van der Waals surface area contributed by atoms with E-state index in [1.807, 2.05) is 27.2 Å². The number of imidazole rings is 1. The molecule has 0 spiro atoms. The Morgan fingerprint density at radius 3 is 2.83 bits per heavy atom. The van der Waals surface area contributed by atoms with E-state index in [0.717, 1.165) is 24.0 Å².